The largest absolute Gasteiger partial charge is 0.480 e. The smallest absolute Gasteiger partial charge is 0.320 e. The number of carboxylic acids is 1. The number of aliphatic carboxylic acids is 1. The van der Waals surface area contributed by atoms with Crippen LogP contribution in [0, 0.1) is 0 Å². The van der Waals surface area contributed by atoms with Gasteiger partial charge in [-0.05, 0) is 42.0 Å². The normalized spacial score (nSPS) is 19.0. The van der Waals surface area contributed by atoms with E-state index in [-0.39, 0.29) is 6.04 Å². The van der Waals surface area contributed by atoms with E-state index >= 15 is 0 Å². The standard InChI is InChI=1S/C22H24N2O2S/c1-14(2)15-9-11-16(12-10-15)20(24-13-5-7-18(24)22(25)26)21-23-17-6-3-4-8-19(17)27-21/h3-4,6,8-12,14,18,20H,5,7,13H2,1-2H3,(H,25,26). The van der Waals surface area contributed by atoms with Crippen molar-refractivity contribution in [2.45, 2.75) is 44.7 Å². The summed E-state index contributed by atoms with van der Waals surface area (Å²) >= 11 is 1.67. The first kappa shape index (κ1) is 18.1. The van der Waals surface area contributed by atoms with Gasteiger partial charge in [0.2, 0.25) is 0 Å². The van der Waals surface area contributed by atoms with Gasteiger partial charge in [0.25, 0.3) is 0 Å². The highest BCUT2D eigenvalue weighted by atomic mass is 32.1. The van der Waals surface area contributed by atoms with E-state index < -0.39 is 12.0 Å². The van der Waals surface area contributed by atoms with Crippen molar-refractivity contribution in [3.8, 4) is 0 Å². The molecule has 1 N–H and O–H groups in total. The summed E-state index contributed by atoms with van der Waals surface area (Å²) in [6.07, 6.45) is 1.60. The molecule has 1 saturated heterocycles. The van der Waals surface area contributed by atoms with E-state index in [1.54, 1.807) is 11.3 Å². The number of nitrogens with zero attached hydrogens (tertiary/aromatic N) is 2. The lowest BCUT2D eigenvalue weighted by Crippen LogP contribution is -2.39. The highest BCUT2D eigenvalue weighted by Gasteiger charge is 2.38. The predicted octanol–water partition coefficient (Wildman–Crippen LogP) is 5.06. The van der Waals surface area contributed by atoms with E-state index in [1.807, 2.05) is 18.2 Å². The number of carboxylic acid groups (broad SMARTS) is 1. The number of rotatable bonds is 5. The molecule has 0 radical (unpaired) electrons. The Bertz CT molecular complexity index is 915. The molecule has 4 nitrogen and oxygen atoms in total. The summed E-state index contributed by atoms with van der Waals surface area (Å²) in [5.41, 5.74) is 3.39. The lowest BCUT2D eigenvalue weighted by atomic mass is 9.98. The minimum atomic E-state index is -0.739. The maximum absolute atomic E-state index is 11.8. The number of hydrogen-bond donors (Lipinski definition) is 1. The molecule has 2 heterocycles. The van der Waals surface area contributed by atoms with Gasteiger partial charge in [-0.1, -0.05) is 50.2 Å². The number of carbonyl (C=O) groups is 1. The molecule has 27 heavy (non-hydrogen) atoms. The average Bonchev–Trinajstić information content (AvgIpc) is 3.29. The molecule has 1 fully saturated rings. The van der Waals surface area contributed by atoms with Crippen LogP contribution in [-0.2, 0) is 4.79 Å². The second-order valence-electron chi connectivity index (χ2n) is 7.48. The number of benzene rings is 2. The highest BCUT2D eigenvalue weighted by molar-refractivity contribution is 7.18. The first-order chi connectivity index (χ1) is 13.0. The molecule has 2 atom stereocenters. The Balaban J connectivity index is 1.80. The van der Waals surface area contributed by atoms with Gasteiger partial charge >= 0.3 is 5.97 Å². The van der Waals surface area contributed by atoms with Crippen LogP contribution in [0.5, 0.6) is 0 Å². The van der Waals surface area contributed by atoms with E-state index in [2.05, 4.69) is 49.1 Å². The second-order valence-corrected chi connectivity index (χ2v) is 8.54. The van der Waals surface area contributed by atoms with Gasteiger partial charge in [0.1, 0.15) is 11.0 Å². The zero-order valence-electron chi connectivity index (χ0n) is 15.6. The molecule has 1 aliphatic rings. The molecule has 0 aliphatic carbocycles. The monoisotopic (exact) mass is 380 g/mol. The highest BCUT2D eigenvalue weighted by Crippen LogP contribution is 2.38. The van der Waals surface area contributed by atoms with Gasteiger partial charge in [-0.3, -0.25) is 9.69 Å². The van der Waals surface area contributed by atoms with Crippen LogP contribution in [0.4, 0.5) is 0 Å². The molecule has 1 aliphatic heterocycles. The Hall–Kier alpha value is -2.24. The topological polar surface area (TPSA) is 53.4 Å². The number of para-hydroxylation sites is 1. The molecule has 5 heteroatoms. The molecule has 3 aromatic rings. The van der Waals surface area contributed by atoms with Crippen LogP contribution < -0.4 is 0 Å². The zero-order chi connectivity index (χ0) is 19.0. The van der Waals surface area contributed by atoms with Crippen LogP contribution >= 0.6 is 11.3 Å². The third-order valence-electron chi connectivity index (χ3n) is 5.37. The van der Waals surface area contributed by atoms with Gasteiger partial charge in [-0.2, -0.15) is 0 Å². The van der Waals surface area contributed by atoms with Crippen molar-refractivity contribution in [1.82, 2.24) is 9.88 Å². The fraction of sp³-hybridized carbons (Fsp3) is 0.364. The van der Waals surface area contributed by atoms with Crippen LogP contribution in [0.15, 0.2) is 48.5 Å². The molecule has 0 spiro atoms. The maximum atomic E-state index is 11.8. The van der Waals surface area contributed by atoms with Crippen molar-refractivity contribution < 1.29 is 9.90 Å². The molecule has 0 bridgehead atoms. The summed E-state index contributed by atoms with van der Waals surface area (Å²) in [7, 11) is 0. The molecule has 1 aromatic heterocycles. The summed E-state index contributed by atoms with van der Waals surface area (Å²) < 4.78 is 1.14. The Morgan fingerprint density at radius 2 is 1.85 bits per heavy atom. The maximum Gasteiger partial charge on any atom is 0.320 e. The van der Waals surface area contributed by atoms with Gasteiger partial charge in [0, 0.05) is 6.54 Å². The van der Waals surface area contributed by atoms with Gasteiger partial charge in [-0.25, -0.2) is 4.98 Å². The van der Waals surface area contributed by atoms with Crippen molar-refractivity contribution in [1.29, 1.82) is 0 Å². The first-order valence-corrected chi connectivity index (χ1v) is 10.3. The average molecular weight is 381 g/mol. The molecular formula is C22H24N2O2S. The fourth-order valence-electron chi connectivity index (χ4n) is 3.91. The third-order valence-corrected chi connectivity index (χ3v) is 6.46. The molecule has 2 aromatic carbocycles. The molecule has 140 valence electrons. The summed E-state index contributed by atoms with van der Waals surface area (Å²) in [5, 5.41) is 10.7. The number of aromatic nitrogens is 1. The van der Waals surface area contributed by atoms with Gasteiger partial charge in [-0.15, -0.1) is 11.3 Å². The third kappa shape index (κ3) is 3.49. The van der Waals surface area contributed by atoms with Gasteiger partial charge < -0.3 is 5.11 Å². The Morgan fingerprint density at radius 3 is 2.52 bits per heavy atom. The molecule has 2 unspecified atom stereocenters. The minimum Gasteiger partial charge on any atom is -0.480 e. The summed E-state index contributed by atoms with van der Waals surface area (Å²) in [5.74, 6) is -0.268. The van der Waals surface area contributed by atoms with Crippen molar-refractivity contribution in [2.75, 3.05) is 6.54 Å². The van der Waals surface area contributed by atoms with E-state index in [0.29, 0.717) is 12.3 Å². The van der Waals surface area contributed by atoms with Crippen molar-refractivity contribution >= 4 is 27.5 Å². The molecular weight excluding hydrogens is 356 g/mol. The second kappa shape index (κ2) is 7.41. The Morgan fingerprint density at radius 1 is 1.15 bits per heavy atom. The molecule has 4 rings (SSSR count). The molecule has 0 amide bonds. The van der Waals surface area contributed by atoms with E-state index in [1.165, 1.54) is 5.56 Å². The van der Waals surface area contributed by atoms with Gasteiger partial charge in [0.15, 0.2) is 0 Å². The van der Waals surface area contributed by atoms with E-state index in [4.69, 9.17) is 4.98 Å². The van der Waals surface area contributed by atoms with Gasteiger partial charge in [0.05, 0.1) is 16.3 Å². The summed E-state index contributed by atoms with van der Waals surface area (Å²) in [4.78, 5) is 18.8. The predicted molar refractivity (Wildman–Crippen MR) is 109 cm³/mol. The number of fused-ring (bicyclic) bond motifs is 1. The van der Waals surface area contributed by atoms with Crippen LogP contribution in [0.3, 0.4) is 0 Å². The summed E-state index contributed by atoms with van der Waals surface area (Å²) in [6, 6.07) is 16.1. The number of likely N-dealkylation sites (tertiary alicyclic amines) is 1. The first-order valence-electron chi connectivity index (χ1n) is 9.48. The zero-order valence-corrected chi connectivity index (χ0v) is 16.4. The van der Waals surface area contributed by atoms with E-state index in [9.17, 15) is 9.90 Å². The Kier molecular flexibility index (Phi) is 4.98. The lowest BCUT2D eigenvalue weighted by molar-refractivity contribution is -0.142. The van der Waals surface area contributed by atoms with Crippen molar-refractivity contribution in [3.05, 3.63) is 64.7 Å². The van der Waals surface area contributed by atoms with Crippen LogP contribution in [0.1, 0.15) is 54.8 Å². The molecule has 0 saturated carbocycles. The number of thiazole rings is 1. The SMILES string of the molecule is CC(C)c1ccc(C(c2nc3ccccc3s2)N2CCCC2C(=O)O)cc1. The van der Waals surface area contributed by atoms with Crippen molar-refractivity contribution in [2.24, 2.45) is 0 Å². The van der Waals surface area contributed by atoms with Crippen LogP contribution in [0.25, 0.3) is 10.2 Å². The van der Waals surface area contributed by atoms with Crippen molar-refractivity contribution in [3.63, 3.8) is 0 Å². The number of hydrogen-bond acceptors (Lipinski definition) is 4. The van der Waals surface area contributed by atoms with Crippen LogP contribution in [-0.4, -0.2) is 33.5 Å². The Labute approximate surface area is 163 Å². The minimum absolute atomic E-state index is 0.118. The fourth-order valence-corrected chi connectivity index (χ4v) is 5.03. The van der Waals surface area contributed by atoms with Crippen LogP contribution in [0.2, 0.25) is 0 Å². The van der Waals surface area contributed by atoms with E-state index in [0.717, 1.165) is 33.8 Å². The summed E-state index contributed by atoms with van der Waals surface area (Å²) in [6.45, 7) is 5.14. The lowest BCUT2D eigenvalue weighted by Gasteiger charge is -2.30. The quantitative estimate of drug-likeness (QED) is 0.672.